The van der Waals surface area contributed by atoms with Crippen molar-refractivity contribution in [1.29, 1.82) is 0 Å². The number of carbonyl (C=O) groups is 1. The van der Waals surface area contributed by atoms with E-state index in [9.17, 15) is 9.90 Å². The number of pyridine rings is 1. The van der Waals surface area contributed by atoms with Gasteiger partial charge in [-0.15, -0.1) is 0 Å². The van der Waals surface area contributed by atoms with Crippen LogP contribution in [-0.4, -0.2) is 48.5 Å². The predicted molar refractivity (Wildman–Crippen MR) is 95.0 cm³/mol. The first-order chi connectivity index (χ1) is 12.6. The number of nitrogens with zero attached hydrogens (tertiary/aromatic N) is 3. The standard InChI is InChI=1S/C18H21N5O3/c24-14-7-9-5-10(14)6-13(9)23-15(2-4-20-18(25)26)22-12-8-21-17-11(16(12)23)1-3-19-17/h1,3,8-10,13-14,20,24H,2,4-7H2,(H,19,21)(H,25,26). The van der Waals surface area contributed by atoms with Crippen LogP contribution in [0.4, 0.5) is 4.79 Å². The third-order valence-corrected chi connectivity index (χ3v) is 6.05. The Morgan fingerprint density at radius 1 is 1.35 bits per heavy atom. The van der Waals surface area contributed by atoms with Crippen LogP contribution in [-0.2, 0) is 6.42 Å². The van der Waals surface area contributed by atoms with Crippen molar-refractivity contribution in [2.24, 2.45) is 11.8 Å². The van der Waals surface area contributed by atoms with E-state index in [0.29, 0.717) is 30.8 Å². The molecular formula is C18H21N5O3. The number of imidazole rings is 1. The van der Waals surface area contributed by atoms with Crippen LogP contribution in [0.15, 0.2) is 18.5 Å². The zero-order chi connectivity index (χ0) is 17.8. The number of aromatic nitrogens is 4. The summed E-state index contributed by atoms with van der Waals surface area (Å²) >= 11 is 0. The Morgan fingerprint density at radius 2 is 2.23 bits per heavy atom. The van der Waals surface area contributed by atoms with E-state index < -0.39 is 6.09 Å². The summed E-state index contributed by atoms with van der Waals surface area (Å²) in [6.07, 6.45) is 5.82. The molecule has 0 aliphatic heterocycles. The van der Waals surface area contributed by atoms with E-state index in [1.165, 1.54) is 0 Å². The fraction of sp³-hybridized carbons (Fsp3) is 0.500. The Kier molecular flexibility index (Phi) is 3.43. The Hall–Kier alpha value is -2.61. The molecule has 0 radical (unpaired) electrons. The van der Waals surface area contributed by atoms with Gasteiger partial charge in [0.25, 0.3) is 0 Å². The highest BCUT2D eigenvalue weighted by molar-refractivity contribution is 6.01. The summed E-state index contributed by atoms with van der Waals surface area (Å²) in [5.74, 6) is 1.69. The first kappa shape index (κ1) is 15.6. The zero-order valence-electron chi connectivity index (χ0n) is 14.2. The molecule has 3 heterocycles. The largest absolute Gasteiger partial charge is 0.465 e. The molecule has 2 bridgehead atoms. The Morgan fingerprint density at radius 3 is 2.96 bits per heavy atom. The lowest BCUT2D eigenvalue weighted by Gasteiger charge is -2.28. The van der Waals surface area contributed by atoms with Crippen molar-refractivity contribution >= 4 is 28.2 Å². The summed E-state index contributed by atoms with van der Waals surface area (Å²) in [5.41, 5.74) is 2.73. The van der Waals surface area contributed by atoms with E-state index in [2.05, 4.69) is 19.9 Å². The number of fused-ring (bicyclic) bond motifs is 5. The maximum absolute atomic E-state index is 10.8. The number of nitrogens with one attached hydrogen (secondary N) is 2. The quantitative estimate of drug-likeness (QED) is 0.572. The average Bonchev–Trinajstić information content (AvgIpc) is 3.34. The van der Waals surface area contributed by atoms with E-state index in [1.807, 2.05) is 12.3 Å². The van der Waals surface area contributed by atoms with Crippen molar-refractivity contribution in [3.05, 3.63) is 24.3 Å². The number of aliphatic hydroxyl groups excluding tert-OH is 1. The summed E-state index contributed by atoms with van der Waals surface area (Å²) in [5, 5.41) is 22.5. The maximum atomic E-state index is 10.8. The van der Waals surface area contributed by atoms with Crippen LogP contribution in [0.3, 0.4) is 0 Å². The van der Waals surface area contributed by atoms with Crippen LogP contribution in [0.1, 0.15) is 31.1 Å². The number of H-pyrrole nitrogens is 1. The summed E-state index contributed by atoms with van der Waals surface area (Å²) in [7, 11) is 0. The van der Waals surface area contributed by atoms with Crippen molar-refractivity contribution in [2.45, 2.75) is 37.8 Å². The van der Waals surface area contributed by atoms with Crippen molar-refractivity contribution in [1.82, 2.24) is 24.8 Å². The first-order valence-corrected chi connectivity index (χ1v) is 9.09. The fourth-order valence-corrected chi connectivity index (χ4v) is 4.99. The number of aliphatic hydroxyl groups is 1. The molecule has 136 valence electrons. The van der Waals surface area contributed by atoms with E-state index in [0.717, 1.165) is 47.2 Å². The van der Waals surface area contributed by atoms with E-state index in [1.54, 1.807) is 6.20 Å². The molecule has 3 aromatic heterocycles. The van der Waals surface area contributed by atoms with Crippen LogP contribution in [0.2, 0.25) is 0 Å². The molecule has 0 spiro atoms. The summed E-state index contributed by atoms with van der Waals surface area (Å²) < 4.78 is 2.30. The lowest BCUT2D eigenvalue weighted by Crippen LogP contribution is -2.27. The number of amides is 1. The number of hydrogen-bond acceptors (Lipinski definition) is 4. The topological polar surface area (TPSA) is 116 Å². The summed E-state index contributed by atoms with van der Waals surface area (Å²) in [6.45, 7) is 0.325. The molecule has 2 saturated carbocycles. The second-order valence-corrected chi connectivity index (χ2v) is 7.47. The Bertz CT molecular complexity index is 991. The molecule has 8 nitrogen and oxygen atoms in total. The maximum Gasteiger partial charge on any atom is 0.404 e. The van der Waals surface area contributed by atoms with E-state index in [-0.39, 0.29) is 6.10 Å². The van der Waals surface area contributed by atoms with E-state index in [4.69, 9.17) is 10.1 Å². The van der Waals surface area contributed by atoms with Gasteiger partial charge in [0.05, 0.1) is 17.8 Å². The van der Waals surface area contributed by atoms with Crippen LogP contribution in [0.25, 0.3) is 22.1 Å². The van der Waals surface area contributed by atoms with Gasteiger partial charge in [-0.2, -0.15) is 0 Å². The van der Waals surface area contributed by atoms with Crippen molar-refractivity contribution in [3.63, 3.8) is 0 Å². The molecule has 4 N–H and O–H groups in total. The number of rotatable bonds is 4. The van der Waals surface area contributed by atoms with Gasteiger partial charge >= 0.3 is 6.09 Å². The van der Waals surface area contributed by atoms with Crippen LogP contribution < -0.4 is 5.32 Å². The third kappa shape index (κ3) is 2.28. The van der Waals surface area contributed by atoms with Crippen molar-refractivity contribution in [2.75, 3.05) is 6.54 Å². The van der Waals surface area contributed by atoms with E-state index >= 15 is 0 Å². The summed E-state index contributed by atoms with van der Waals surface area (Å²) in [4.78, 5) is 23.2. The number of hydrogen-bond donors (Lipinski definition) is 4. The van der Waals surface area contributed by atoms with Gasteiger partial charge in [-0.3, -0.25) is 0 Å². The molecule has 1 amide bonds. The van der Waals surface area contributed by atoms with Crippen LogP contribution in [0, 0.1) is 11.8 Å². The minimum atomic E-state index is -1.02. The first-order valence-electron chi connectivity index (χ1n) is 9.09. The molecule has 0 aromatic carbocycles. The van der Waals surface area contributed by atoms with Gasteiger partial charge in [0.15, 0.2) is 0 Å². The molecule has 5 rings (SSSR count). The van der Waals surface area contributed by atoms with Gasteiger partial charge in [0.2, 0.25) is 0 Å². The average molecular weight is 355 g/mol. The molecule has 4 atom stereocenters. The van der Waals surface area contributed by atoms with Crippen LogP contribution >= 0.6 is 0 Å². The lowest BCUT2D eigenvalue weighted by atomic mass is 9.92. The minimum absolute atomic E-state index is 0.183. The van der Waals surface area contributed by atoms with Gasteiger partial charge in [0, 0.05) is 30.6 Å². The van der Waals surface area contributed by atoms with Crippen molar-refractivity contribution in [3.8, 4) is 0 Å². The number of aromatic amines is 1. The van der Waals surface area contributed by atoms with Gasteiger partial charge in [-0.25, -0.2) is 14.8 Å². The minimum Gasteiger partial charge on any atom is -0.465 e. The molecule has 3 aromatic rings. The normalized spacial score (nSPS) is 27.6. The monoisotopic (exact) mass is 355 g/mol. The lowest BCUT2D eigenvalue weighted by molar-refractivity contribution is 0.0971. The molecule has 2 aliphatic rings. The Balaban J connectivity index is 1.62. The SMILES string of the molecule is O=C(O)NCCc1nc2cnc3[nH]ccc3c2n1C1CC2CC1CC2O. The third-order valence-electron chi connectivity index (χ3n) is 6.05. The molecular weight excluding hydrogens is 334 g/mol. The van der Waals surface area contributed by atoms with Gasteiger partial charge in [0.1, 0.15) is 17.0 Å². The predicted octanol–water partition coefficient (Wildman–Crippen LogP) is 2.05. The summed E-state index contributed by atoms with van der Waals surface area (Å²) in [6, 6.07) is 2.32. The second kappa shape index (κ2) is 5.70. The van der Waals surface area contributed by atoms with Gasteiger partial charge in [-0.05, 0) is 37.2 Å². The molecule has 0 saturated heterocycles. The van der Waals surface area contributed by atoms with Crippen molar-refractivity contribution < 1.29 is 15.0 Å². The molecule has 2 aliphatic carbocycles. The van der Waals surface area contributed by atoms with Crippen LogP contribution in [0.5, 0.6) is 0 Å². The molecule has 26 heavy (non-hydrogen) atoms. The zero-order valence-corrected chi connectivity index (χ0v) is 14.2. The molecule has 4 unspecified atom stereocenters. The van der Waals surface area contributed by atoms with Gasteiger partial charge < -0.3 is 25.1 Å². The second-order valence-electron chi connectivity index (χ2n) is 7.47. The molecule has 2 fully saturated rings. The van der Waals surface area contributed by atoms with Gasteiger partial charge in [-0.1, -0.05) is 0 Å². The smallest absolute Gasteiger partial charge is 0.404 e. The number of carboxylic acid groups (broad SMARTS) is 1. The molecule has 8 heteroatoms. The fourth-order valence-electron chi connectivity index (χ4n) is 4.99. The highest BCUT2D eigenvalue weighted by Crippen LogP contribution is 2.52. The highest BCUT2D eigenvalue weighted by Gasteiger charge is 2.46. The highest BCUT2D eigenvalue weighted by atomic mass is 16.4. The Labute approximate surface area is 149 Å².